The van der Waals surface area contributed by atoms with Crippen LogP contribution in [0.3, 0.4) is 0 Å². The van der Waals surface area contributed by atoms with Gasteiger partial charge in [0.2, 0.25) is 11.8 Å². The minimum Gasteiger partial charge on any atom is -0.507 e. The van der Waals surface area contributed by atoms with Crippen molar-refractivity contribution >= 4 is 52.2 Å². The van der Waals surface area contributed by atoms with Gasteiger partial charge in [-0.15, -0.1) is 0 Å². The van der Waals surface area contributed by atoms with Gasteiger partial charge in [0.1, 0.15) is 5.75 Å². The van der Waals surface area contributed by atoms with Crippen molar-refractivity contribution < 1.29 is 50.7 Å². The van der Waals surface area contributed by atoms with Gasteiger partial charge in [0, 0.05) is 16.2 Å². The molecule has 3 heterocycles. The van der Waals surface area contributed by atoms with E-state index in [4.69, 9.17) is 4.65 Å². The Bertz CT molecular complexity index is 1830. The molecule has 49 heavy (non-hydrogen) atoms. The van der Waals surface area contributed by atoms with Gasteiger partial charge in [0.15, 0.2) is 0 Å². The van der Waals surface area contributed by atoms with E-state index in [0.717, 1.165) is 10.0 Å². The monoisotopic (exact) mass is 748 g/mol. The molecule has 2 amide bonds. The molecule has 6 rings (SSSR count). The number of allylic oxidation sites excluding steroid dienone is 2. The highest BCUT2D eigenvalue weighted by Gasteiger charge is 2.57. The molecule has 2 N–H and O–H groups in total. The number of phenolic OH excluding ortho intramolecular Hbond substituents is 1. The lowest BCUT2D eigenvalue weighted by Crippen LogP contribution is -2.46. The molecule has 2 fully saturated rings. The van der Waals surface area contributed by atoms with Crippen LogP contribution in [0.1, 0.15) is 48.6 Å². The number of hydrogen-bond donors (Lipinski definition) is 2. The summed E-state index contributed by atoms with van der Waals surface area (Å²) in [4.78, 5) is 32.4. The number of benzene rings is 2. The molecule has 3 aromatic rings. The van der Waals surface area contributed by atoms with E-state index in [1.54, 1.807) is 49.5 Å². The van der Waals surface area contributed by atoms with Gasteiger partial charge in [0.25, 0.3) is 0 Å². The Morgan fingerprint density at radius 3 is 2.35 bits per heavy atom. The number of fused-ring (bicyclic) bond motifs is 3. The predicted octanol–water partition coefficient (Wildman–Crippen LogP) is 7.93. The first kappa shape index (κ1) is 34.9. The van der Waals surface area contributed by atoms with Crippen LogP contribution in [0.5, 0.6) is 5.75 Å². The molecule has 0 spiro atoms. The van der Waals surface area contributed by atoms with Gasteiger partial charge in [-0.1, -0.05) is 27.6 Å². The number of hydrogen-bond acceptors (Lipinski definition) is 6. The summed E-state index contributed by atoms with van der Waals surface area (Å²) < 4.78 is 88.6. The van der Waals surface area contributed by atoms with Gasteiger partial charge in [-0.05, 0) is 104 Å². The number of anilines is 1. The average Bonchev–Trinajstić information content (AvgIpc) is 3.28. The van der Waals surface area contributed by atoms with E-state index in [0.29, 0.717) is 45.9 Å². The van der Waals surface area contributed by atoms with Crippen LogP contribution < -0.4 is 4.90 Å². The number of carbonyl (C=O) groups excluding carboxylic acids is 2. The van der Waals surface area contributed by atoms with Crippen LogP contribution in [-0.4, -0.2) is 40.2 Å². The van der Waals surface area contributed by atoms with Gasteiger partial charge in [-0.2, -0.15) is 26.3 Å². The number of phenols is 1. The normalized spacial score (nSPS) is 23.2. The fourth-order valence-electron chi connectivity index (χ4n) is 7.18. The number of nitrogens with zero attached hydrogens (tertiary/aromatic N) is 2. The Labute approximate surface area is 285 Å². The second kappa shape index (κ2) is 13.1. The largest absolute Gasteiger partial charge is 0.507 e. The molecule has 0 bridgehead atoms. The van der Waals surface area contributed by atoms with Crippen LogP contribution >= 0.6 is 15.9 Å². The van der Waals surface area contributed by atoms with E-state index in [9.17, 15) is 46.1 Å². The van der Waals surface area contributed by atoms with Crippen LogP contribution in [-0.2, 0) is 26.6 Å². The summed E-state index contributed by atoms with van der Waals surface area (Å²) in [5.74, 6) is -4.70. The predicted molar refractivity (Wildman–Crippen MR) is 172 cm³/mol. The number of alkyl halides is 6. The molecule has 1 aromatic heterocycles. The SMILES string of the molecule is CC1=C2[C@@H](CC/C(=C/c3cc(Br)ccc3O)c3ccccn3)OB(O)C[C@@H]2[C@@H]2C(=O)N(c3cc(C(F)(F)F)cc(C(F)(F)F)c3)C(=O)[C@@H]2C1. The number of carbonyl (C=O) groups is 2. The number of amides is 2. The molecule has 1 aliphatic carbocycles. The molecule has 2 saturated heterocycles. The van der Waals surface area contributed by atoms with Crippen molar-refractivity contribution in [3.8, 4) is 5.75 Å². The quantitative estimate of drug-likeness (QED) is 0.115. The van der Waals surface area contributed by atoms with Crippen molar-refractivity contribution in [1.29, 1.82) is 0 Å². The molecule has 7 nitrogen and oxygen atoms in total. The first-order valence-electron chi connectivity index (χ1n) is 15.3. The van der Waals surface area contributed by atoms with Gasteiger partial charge >= 0.3 is 19.5 Å². The van der Waals surface area contributed by atoms with Crippen LogP contribution in [0.4, 0.5) is 32.0 Å². The highest BCUT2D eigenvalue weighted by molar-refractivity contribution is 9.10. The fourth-order valence-corrected chi connectivity index (χ4v) is 7.56. The van der Waals surface area contributed by atoms with Crippen LogP contribution in [0.15, 0.2) is 76.4 Å². The first-order valence-corrected chi connectivity index (χ1v) is 16.1. The van der Waals surface area contributed by atoms with Crippen LogP contribution in [0, 0.1) is 17.8 Å². The Morgan fingerprint density at radius 2 is 1.71 bits per heavy atom. The van der Waals surface area contributed by atoms with Crippen molar-refractivity contribution in [3.63, 3.8) is 0 Å². The molecular formula is C34H28BBrF6N2O5. The van der Waals surface area contributed by atoms with E-state index >= 15 is 0 Å². The Hall–Kier alpha value is -3.95. The second-order valence-corrected chi connectivity index (χ2v) is 13.3. The fraction of sp³-hybridized carbons (Fsp3) is 0.324. The van der Waals surface area contributed by atoms with Gasteiger partial charge in [-0.3, -0.25) is 14.6 Å². The number of pyridine rings is 1. The molecule has 15 heteroatoms. The lowest BCUT2D eigenvalue weighted by atomic mass is 9.58. The lowest BCUT2D eigenvalue weighted by molar-refractivity contribution is -0.143. The minimum atomic E-state index is -5.17. The third-order valence-corrected chi connectivity index (χ3v) is 9.77. The summed E-state index contributed by atoms with van der Waals surface area (Å²) in [5, 5.41) is 21.3. The van der Waals surface area contributed by atoms with E-state index in [1.165, 1.54) is 6.07 Å². The Balaban J connectivity index is 1.32. The summed E-state index contributed by atoms with van der Waals surface area (Å²) in [6.45, 7) is 1.74. The summed E-state index contributed by atoms with van der Waals surface area (Å²) in [5.41, 5.74) is -0.864. The zero-order valence-corrected chi connectivity index (χ0v) is 27.3. The van der Waals surface area contributed by atoms with E-state index in [-0.39, 0.29) is 31.0 Å². The Kier molecular flexibility index (Phi) is 9.31. The maximum absolute atomic E-state index is 13.9. The van der Waals surface area contributed by atoms with Crippen LogP contribution in [0.25, 0.3) is 11.6 Å². The maximum atomic E-state index is 13.9. The van der Waals surface area contributed by atoms with E-state index in [1.807, 2.05) is 0 Å². The van der Waals surface area contributed by atoms with Crippen LogP contribution in [0.2, 0.25) is 6.32 Å². The molecule has 2 aliphatic heterocycles. The maximum Gasteiger partial charge on any atom is 0.455 e. The summed E-state index contributed by atoms with van der Waals surface area (Å²) in [7, 11) is -1.36. The van der Waals surface area contributed by atoms with Crippen molar-refractivity contribution in [2.24, 2.45) is 17.8 Å². The van der Waals surface area contributed by atoms with Gasteiger partial charge < -0.3 is 14.8 Å². The third kappa shape index (κ3) is 6.93. The smallest absolute Gasteiger partial charge is 0.455 e. The van der Waals surface area contributed by atoms with Crippen molar-refractivity contribution in [3.05, 3.63) is 98.8 Å². The highest BCUT2D eigenvalue weighted by Crippen LogP contribution is 2.52. The van der Waals surface area contributed by atoms with Gasteiger partial charge in [0.05, 0.1) is 40.4 Å². The number of aromatic nitrogens is 1. The summed E-state index contributed by atoms with van der Waals surface area (Å²) in [6.07, 6.45) is -7.13. The number of aromatic hydroxyl groups is 1. The molecule has 256 valence electrons. The van der Waals surface area contributed by atoms with Crippen molar-refractivity contribution in [1.82, 2.24) is 4.98 Å². The lowest BCUT2D eigenvalue weighted by Gasteiger charge is -2.42. The van der Waals surface area contributed by atoms with E-state index in [2.05, 4.69) is 20.9 Å². The van der Waals surface area contributed by atoms with E-state index < -0.39 is 72.0 Å². The molecule has 0 saturated carbocycles. The first-order chi connectivity index (χ1) is 23.0. The standard InChI is InChI=1S/C34H28BBrF6N2O5/c1-17-10-24-30(32(47)44(31(24)46)23-14-20(33(37,38)39)13-21(15-23)34(40,41)42)25-16-35(48)49-28(29(17)25)8-5-18(26-4-2-3-9-43-26)11-19-12-22(36)6-7-27(19)45/h2-4,6-7,9,11-15,24-25,28,30,45,48H,5,8,10,16H2,1H3/b18-11-/t24-,25+,28-,30-/m1/s1. The summed E-state index contributed by atoms with van der Waals surface area (Å²) >= 11 is 3.41. The molecule has 0 radical (unpaired) electrons. The third-order valence-electron chi connectivity index (χ3n) is 9.27. The number of imide groups is 1. The number of rotatable bonds is 6. The molecule has 4 atom stereocenters. The second-order valence-electron chi connectivity index (χ2n) is 12.4. The zero-order chi connectivity index (χ0) is 35.4. The zero-order valence-electron chi connectivity index (χ0n) is 25.7. The molecule has 2 aromatic carbocycles. The topological polar surface area (TPSA) is 100.0 Å². The van der Waals surface area contributed by atoms with Crippen molar-refractivity contribution in [2.75, 3.05) is 4.90 Å². The van der Waals surface area contributed by atoms with Gasteiger partial charge in [-0.25, -0.2) is 4.90 Å². The minimum absolute atomic E-state index is 0.0352. The molecular weight excluding hydrogens is 721 g/mol. The Morgan fingerprint density at radius 1 is 1.02 bits per heavy atom. The number of halogens is 7. The highest BCUT2D eigenvalue weighted by atomic mass is 79.9. The molecule has 3 aliphatic rings. The van der Waals surface area contributed by atoms with Crippen molar-refractivity contribution in [2.45, 2.75) is 51.0 Å². The summed E-state index contributed by atoms with van der Waals surface area (Å²) in [6, 6.07) is 11.0. The average molecular weight is 749 g/mol. The molecule has 0 unspecified atom stereocenters.